The molecule has 1 saturated carbocycles. The van der Waals surface area contributed by atoms with E-state index < -0.39 is 11.9 Å². The first kappa shape index (κ1) is 19.0. The first-order valence-corrected chi connectivity index (χ1v) is 8.99. The summed E-state index contributed by atoms with van der Waals surface area (Å²) in [5.74, 6) is -1.88. The van der Waals surface area contributed by atoms with Crippen LogP contribution in [0.3, 0.4) is 0 Å². The van der Waals surface area contributed by atoms with Gasteiger partial charge in [0, 0.05) is 0 Å². The van der Waals surface area contributed by atoms with Crippen LogP contribution < -0.4 is 0 Å². The Kier molecular flexibility index (Phi) is 6.14. The van der Waals surface area contributed by atoms with Gasteiger partial charge < -0.3 is 9.47 Å². The predicted molar refractivity (Wildman–Crippen MR) is 99.5 cm³/mol. The molecule has 5 nitrogen and oxygen atoms in total. The predicted octanol–water partition coefficient (Wildman–Crippen LogP) is 3.56. The van der Waals surface area contributed by atoms with Gasteiger partial charge in [-0.2, -0.15) is 0 Å². The maximum atomic E-state index is 11.8. The molecule has 1 aliphatic carbocycles. The van der Waals surface area contributed by atoms with E-state index in [-0.39, 0.29) is 24.0 Å². The number of esters is 2. The summed E-state index contributed by atoms with van der Waals surface area (Å²) in [7, 11) is 0. The number of ether oxygens (including phenoxy) is 2. The molecule has 2 aromatic rings. The molecule has 0 radical (unpaired) electrons. The summed E-state index contributed by atoms with van der Waals surface area (Å²) in [6.45, 7) is 2.20. The summed E-state index contributed by atoms with van der Waals surface area (Å²) in [6.07, 6.45) is 0.289. The summed E-state index contributed by atoms with van der Waals surface area (Å²) in [5, 5.41) is 0. The molecular weight excluding hydrogens is 344 g/mol. The monoisotopic (exact) mass is 366 g/mol. The molecule has 0 heterocycles. The minimum atomic E-state index is -0.780. The van der Waals surface area contributed by atoms with E-state index in [9.17, 15) is 14.4 Å². The molecule has 0 amide bonds. The molecule has 1 aliphatic rings. The number of Topliss-reactive ketones (excluding diaryl/α,β-unsaturated/α-hetero) is 1. The van der Waals surface area contributed by atoms with Crippen molar-refractivity contribution in [1.29, 1.82) is 0 Å². The highest BCUT2D eigenvalue weighted by atomic mass is 16.6. The third-order valence-electron chi connectivity index (χ3n) is 4.49. The molecule has 1 fully saturated rings. The lowest BCUT2D eigenvalue weighted by Gasteiger charge is -2.06. The van der Waals surface area contributed by atoms with Gasteiger partial charge in [-0.05, 0) is 36.0 Å². The molecule has 0 spiro atoms. The van der Waals surface area contributed by atoms with E-state index in [1.807, 2.05) is 30.3 Å². The second-order valence-corrected chi connectivity index (χ2v) is 6.85. The Balaban J connectivity index is 1.39. The Labute approximate surface area is 158 Å². The number of carbonyl (C=O) groups excluding carboxylic acids is 3. The Morgan fingerprint density at radius 1 is 0.963 bits per heavy atom. The fourth-order valence-corrected chi connectivity index (χ4v) is 2.90. The van der Waals surface area contributed by atoms with E-state index in [0.29, 0.717) is 19.6 Å². The molecular formula is C22H22O5. The van der Waals surface area contributed by atoms with Crippen LogP contribution in [0.1, 0.15) is 25.3 Å². The molecule has 27 heavy (non-hydrogen) atoms. The normalized spacial score (nSPS) is 18.0. The van der Waals surface area contributed by atoms with Crippen molar-refractivity contribution in [3.63, 3.8) is 0 Å². The molecule has 5 heteroatoms. The van der Waals surface area contributed by atoms with Gasteiger partial charge in [0.05, 0.1) is 19.1 Å². The van der Waals surface area contributed by atoms with Gasteiger partial charge in [0.2, 0.25) is 0 Å². The maximum absolute atomic E-state index is 11.8. The van der Waals surface area contributed by atoms with Gasteiger partial charge in [0.1, 0.15) is 12.2 Å². The van der Waals surface area contributed by atoms with Crippen LogP contribution >= 0.6 is 0 Å². The van der Waals surface area contributed by atoms with Gasteiger partial charge in [0.15, 0.2) is 0 Å². The lowest BCUT2D eigenvalue weighted by atomic mass is 10.0. The minimum absolute atomic E-state index is 0.0752. The summed E-state index contributed by atoms with van der Waals surface area (Å²) in [5.41, 5.74) is 3.38. The molecule has 0 saturated heterocycles. The van der Waals surface area contributed by atoms with Crippen LogP contribution in [0.5, 0.6) is 0 Å². The number of ketones is 1. The number of rotatable bonds is 8. The van der Waals surface area contributed by atoms with Gasteiger partial charge in [-0.25, -0.2) is 0 Å². The van der Waals surface area contributed by atoms with Crippen molar-refractivity contribution >= 4 is 17.7 Å². The molecule has 0 bridgehead atoms. The van der Waals surface area contributed by atoms with Crippen LogP contribution in [0.15, 0.2) is 54.6 Å². The summed E-state index contributed by atoms with van der Waals surface area (Å²) in [6, 6.07) is 18.3. The zero-order chi connectivity index (χ0) is 19.2. The van der Waals surface area contributed by atoms with Gasteiger partial charge in [0.25, 0.3) is 0 Å². The molecule has 0 N–H and O–H groups in total. The maximum Gasteiger partial charge on any atom is 0.320 e. The Hall–Kier alpha value is -2.79. The third-order valence-corrected chi connectivity index (χ3v) is 4.49. The number of carbonyl (C=O) groups is 3. The Morgan fingerprint density at radius 2 is 1.63 bits per heavy atom. The van der Waals surface area contributed by atoms with Crippen LogP contribution in [0, 0.1) is 11.8 Å². The van der Waals surface area contributed by atoms with Crippen molar-refractivity contribution in [2.75, 3.05) is 6.61 Å². The average Bonchev–Trinajstić information content (AvgIpc) is 3.42. The molecule has 2 atom stereocenters. The highest BCUT2D eigenvalue weighted by molar-refractivity contribution is 5.98. The summed E-state index contributed by atoms with van der Waals surface area (Å²) < 4.78 is 10.4. The smallest absolute Gasteiger partial charge is 0.320 e. The van der Waals surface area contributed by atoms with Crippen molar-refractivity contribution < 1.29 is 23.9 Å². The van der Waals surface area contributed by atoms with E-state index in [4.69, 9.17) is 4.74 Å². The van der Waals surface area contributed by atoms with Gasteiger partial charge in [-0.1, -0.05) is 54.6 Å². The average molecular weight is 366 g/mol. The van der Waals surface area contributed by atoms with Crippen molar-refractivity contribution in [2.24, 2.45) is 11.8 Å². The van der Waals surface area contributed by atoms with Gasteiger partial charge >= 0.3 is 11.9 Å². The van der Waals surface area contributed by atoms with Crippen LogP contribution in [-0.2, 0) is 30.5 Å². The lowest BCUT2D eigenvalue weighted by molar-refractivity contribution is -0.161. The molecule has 2 aromatic carbocycles. The largest absolute Gasteiger partial charge is 0.393 e. The van der Waals surface area contributed by atoms with Crippen molar-refractivity contribution in [3.8, 4) is 11.1 Å². The van der Waals surface area contributed by atoms with Crippen LogP contribution in [0.2, 0.25) is 0 Å². The zero-order valence-electron chi connectivity index (χ0n) is 15.2. The fraction of sp³-hybridized carbons (Fsp3) is 0.318. The van der Waals surface area contributed by atoms with E-state index in [1.54, 1.807) is 0 Å². The second-order valence-electron chi connectivity index (χ2n) is 6.85. The summed E-state index contributed by atoms with van der Waals surface area (Å²) >= 11 is 0. The number of hydrogen-bond acceptors (Lipinski definition) is 5. The van der Waals surface area contributed by atoms with Gasteiger partial charge in [-0.15, -0.1) is 0 Å². The van der Waals surface area contributed by atoms with Crippen molar-refractivity contribution in [3.05, 3.63) is 60.2 Å². The van der Waals surface area contributed by atoms with E-state index in [2.05, 4.69) is 29.0 Å². The first-order valence-electron chi connectivity index (χ1n) is 8.99. The van der Waals surface area contributed by atoms with Gasteiger partial charge in [-0.3, -0.25) is 14.4 Å². The quantitative estimate of drug-likeness (QED) is 0.528. The standard InChI is InChI=1S/C22H22O5/c1-15(23)11-21(24)27-22(25)20-12-19(20)14-26-13-16-7-9-18(10-8-16)17-5-3-2-4-6-17/h2-10,19-20H,11-14H2,1H3. The molecule has 2 unspecified atom stereocenters. The molecule has 0 aliphatic heterocycles. The van der Waals surface area contributed by atoms with Crippen molar-refractivity contribution in [1.82, 2.24) is 0 Å². The highest BCUT2D eigenvalue weighted by Gasteiger charge is 2.45. The molecule has 3 rings (SSSR count). The van der Waals surface area contributed by atoms with Crippen LogP contribution in [-0.4, -0.2) is 24.3 Å². The number of benzene rings is 2. The van der Waals surface area contributed by atoms with E-state index in [0.717, 1.165) is 11.1 Å². The van der Waals surface area contributed by atoms with E-state index >= 15 is 0 Å². The third kappa shape index (κ3) is 5.59. The Bertz CT molecular complexity index is 810. The van der Waals surface area contributed by atoms with Crippen LogP contribution in [0.25, 0.3) is 11.1 Å². The Morgan fingerprint density at radius 3 is 2.30 bits per heavy atom. The molecule has 0 aromatic heterocycles. The van der Waals surface area contributed by atoms with E-state index in [1.165, 1.54) is 12.5 Å². The number of hydrogen-bond donors (Lipinski definition) is 0. The molecule has 140 valence electrons. The minimum Gasteiger partial charge on any atom is -0.393 e. The SMILES string of the molecule is CC(=O)CC(=O)OC(=O)C1CC1COCc1ccc(-c2ccccc2)cc1. The zero-order valence-corrected chi connectivity index (χ0v) is 15.2. The van der Waals surface area contributed by atoms with Crippen LogP contribution in [0.4, 0.5) is 0 Å². The fourth-order valence-electron chi connectivity index (χ4n) is 2.90. The summed E-state index contributed by atoms with van der Waals surface area (Å²) in [4.78, 5) is 34.0. The first-order chi connectivity index (χ1) is 13.0. The second kappa shape index (κ2) is 8.73. The highest BCUT2D eigenvalue weighted by Crippen LogP contribution is 2.39. The van der Waals surface area contributed by atoms with Crippen molar-refractivity contribution in [2.45, 2.75) is 26.4 Å². The lowest BCUT2D eigenvalue weighted by Crippen LogP contribution is -2.17. The topological polar surface area (TPSA) is 69.7 Å².